The van der Waals surface area contributed by atoms with Crippen molar-refractivity contribution in [2.24, 2.45) is 0 Å². The fourth-order valence-corrected chi connectivity index (χ4v) is 1.31. The third-order valence-electron chi connectivity index (χ3n) is 1.25. The van der Waals surface area contributed by atoms with Gasteiger partial charge in [-0.1, -0.05) is 6.58 Å². The number of rotatable bonds is 6. The van der Waals surface area contributed by atoms with Crippen LogP contribution in [-0.4, -0.2) is 21.4 Å². The standard InChI is InChI=1S/C8H16O2Si/c1-4-8(9)6-5-7-10-11(2)3/h4,11H,1,5-7H2,2-3H3. The molecule has 0 aromatic rings. The second-order valence-electron chi connectivity index (χ2n) is 2.69. The summed E-state index contributed by atoms with van der Waals surface area (Å²) in [5.74, 6) is 0.110. The van der Waals surface area contributed by atoms with Gasteiger partial charge in [-0.2, -0.15) is 0 Å². The minimum atomic E-state index is -0.880. The van der Waals surface area contributed by atoms with Crippen LogP contribution in [0.1, 0.15) is 12.8 Å². The molecule has 0 saturated carbocycles. The summed E-state index contributed by atoms with van der Waals surface area (Å²) in [5.41, 5.74) is 0. The fraction of sp³-hybridized carbons (Fsp3) is 0.625. The van der Waals surface area contributed by atoms with Gasteiger partial charge in [0, 0.05) is 13.0 Å². The van der Waals surface area contributed by atoms with Gasteiger partial charge in [-0.3, -0.25) is 4.79 Å². The van der Waals surface area contributed by atoms with E-state index >= 15 is 0 Å². The molecule has 0 unspecified atom stereocenters. The highest BCUT2D eigenvalue weighted by molar-refractivity contribution is 6.48. The molecule has 0 N–H and O–H groups in total. The molecule has 0 aliphatic heterocycles. The molecule has 0 aromatic carbocycles. The minimum Gasteiger partial charge on any atom is -0.421 e. The Balaban J connectivity index is 3.14. The van der Waals surface area contributed by atoms with Gasteiger partial charge in [0.25, 0.3) is 0 Å². The number of hydrogen-bond acceptors (Lipinski definition) is 2. The van der Waals surface area contributed by atoms with Crippen molar-refractivity contribution in [3.8, 4) is 0 Å². The van der Waals surface area contributed by atoms with Crippen LogP contribution in [0.25, 0.3) is 0 Å². The first-order valence-corrected chi connectivity index (χ1v) is 6.71. The number of carbonyl (C=O) groups is 1. The summed E-state index contributed by atoms with van der Waals surface area (Å²) in [4.78, 5) is 10.7. The van der Waals surface area contributed by atoms with Gasteiger partial charge in [0.1, 0.15) is 0 Å². The highest BCUT2D eigenvalue weighted by atomic mass is 28.3. The third kappa shape index (κ3) is 7.48. The minimum absolute atomic E-state index is 0.110. The van der Waals surface area contributed by atoms with Gasteiger partial charge in [-0.05, 0) is 25.6 Å². The second kappa shape index (κ2) is 6.31. The maximum atomic E-state index is 10.7. The van der Waals surface area contributed by atoms with Crippen molar-refractivity contribution < 1.29 is 9.22 Å². The Bertz CT molecular complexity index is 132. The first-order chi connectivity index (χ1) is 5.16. The van der Waals surface area contributed by atoms with E-state index in [9.17, 15) is 4.79 Å². The van der Waals surface area contributed by atoms with E-state index in [-0.39, 0.29) is 5.78 Å². The van der Waals surface area contributed by atoms with Crippen LogP contribution in [0.2, 0.25) is 13.1 Å². The van der Waals surface area contributed by atoms with Crippen LogP contribution >= 0.6 is 0 Å². The molecule has 0 aliphatic rings. The Labute approximate surface area is 70.0 Å². The van der Waals surface area contributed by atoms with Crippen molar-refractivity contribution in [1.29, 1.82) is 0 Å². The van der Waals surface area contributed by atoms with Gasteiger partial charge in [0.2, 0.25) is 0 Å². The van der Waals surface area contributed by atoms with E-state index in [2.05, 4.69) is 19.7 Å². The molecule has 0 spiro atoms. The van der Waals surface area contributed by atoms with Crippen LogP contribution in [0.15, 0.2) is 12.7 Å². The lowest BCUT2D eigenvalue weighted by atomic mass is 10.2. The highest BCUT2D eigenvalue weighted by Crippen LogP contribution is 1.94. The summed E-state index contributed by atoms with van der Waals surface area (Å²) in [5, 5.41) is 0. The van der Waals surface area contributed by atoms with Gasteiger partial charge < -0.3 is 4.43 Å². The Hall–Kier alpha value is -0.413. The number of hydrogen-bond donors (Lipinski definition) is 0. The number of allylic oxidation sites excluding steroid dienone is 1. The molecule has 3 heteroatoms. The van der Waals surface area contributed by atoms with Crippen molar-refractivity contribution in [2.45, 2.75) is 25.9 Å². The van der Waals surface area contributed by atoms with Gasteiger partial charge in [-0.25, -0.2) is 0 Å². The number of carbonyl (C=O) groups excluding carboxylic acids is 1. The van der Waals surface area contributed by atoms with Crippen molar-refractivity contribution in [2.75, 3.05) is 6.61 Å². The van der Waals surface area contributed by atoms with E-state index in [1.165, 1.54) is 6.08 Å². The van der Waals surface area contributed by atoms with Crippen LogP contribution in [0.5, 0.6) is 0 Å². The predicted octanol–water partition coefficient (Wildman–Crippen LogP) is 1.52. The van der Waals surface area contributed by atoms with E-state index in [0.29, 0.717) is 6.42 Å². The first-order valence-electron chi connectivity index (χ1n) is 3.93. The summed E-state index contributed by atoms with van der Waals surface area (Å²) in [6.07, 6.45) is 2.77. The molecule has 0 bridgehead atoms. The van der Waals surface area contributed by atoms with E-state index in [1.54, 1.807) is 0 Å². The van der Waals surface area contributed by atoms with Gasteiger partial charge in [-0.15, -0.1) is 0 Å². The predicted molar refractivity (Wildman–Crippen MR) is 49.3 cm³/mol. The Morgan fingerprint density at radius 3 is 2.73 bits per heavy atom. The zero-order chi connectivity index (χ0) is 8.69. The largest absolute Gasteiger partial charge is 0.421 e. The molecule has 0 fully saturated rings. The summed E-state index contributed by atoms with van der Waals surface area (Å²) in [6, 6.07) is 0. The molecule has 0 aromatic heterocycles. The molecule has 0 aliphatic carbocycles. The molecule has 2 nitrogen and oxygen atoms in total. The summed E-state index contributed by atoms with van der Waals surface area (Å²) >= 11 is 0. The lowest BCUT2D eigenvalue weighted by Crippen LogP contribution is -2.09. The molecular weight excluding hydrogens is 156 g/mol. The summed E-state index contributed by atoms with van der Waals surface area (Å²) < 4.78 is 5.39. The van der Waals surface area contributed by atoms with Crippen LogP contribution in [0, 0.1) is 0 Å². The maximum absolute atomic E-state index is 10.7. The fourth-order valence-electron chi connectivity index (χ4n) is 0.667. The molecule has 0 heterocycles. The average Bonchev–Trinajstić information content (AvgIpc) is 1.97. The van der Waals surface area contributed by atoms with Gasteiger partial charge in [0.15, 0.2) is 14.8 Å². The monoisotopic (exact) mass is 172 g/mol. The molecule has 0 saturated heterocycles. The van der Waals surface area contributed by atoms with Crippen molar-refractivity contribution in [3.63, 3.8) is 0 Å². The maximum Gasteiger partial charge on any atom is 0.170 e. The second-order valence-corrected chi connectivity index (χ2v) is 5.12. The SMILES string of the molecule is C=CC(=O)CCCO[SiH](C)C. The van der Waals surface area contributed by atoms with Crippen molar-refractivity contribution in [3.05, 3.63) is 12.7 Å². The van der Waals surface area contributed by atoms with E-state index in [4.69, 9.17) is 4.43 Å². The molecule has 0 amide bonds. The highest BCUT2D eigenvalue weighted by Gasteiger charge is 1.97. The summed E-state index contributed by atoms with van der Waals surface area (Å²) in [6.45, 7) is 8.36. The zero-order valence-corrected chi connectivity index (χ0v) is 8.45. The topological polar surface area (TPSA) is 26.3 Å². The van der Waals surface area contributed by atoms with Crippen LogP contribution in [0.3, 0.4) is 0 Å². The van der Waals surface area contributed by atoms with Crippen LogP contribution in [-0.2, 0) is 9.22 Å². The Kier molecular flexibility index (Phi) is 6.07. The Morgan fingerprint density at radius 2 is 2.27 bits per heavy atom. The average molecular weight is 172 g/mol. The van der Waals surface area contributed by atoms with Gasteiger partial charge >= 0.3 is 0 Å². The van der Waals surface area contributed by atoms with E-state index < -0.39 is 9.04 Å². The third-order valence-corrected chi connectivity index (χ3v) is 2.15. The normalized spacial score (nSPS) is 10.1. The van der Waals surface area contributed by atoms with Crippen LogP contribution < -0.4 is 0 Å². The Morgan fingerprint density at radius 1 is 1.64 bits per heavy atom. The van der Waals surface area contributed by atoms with E-state index in [0.717, 1.165) is 13.0 Å². The quantitative estimate of drug-likeness (QED) is 0.345. The zero-order valence-electron chi connectivity index (χ0n) is 7.30. The van der Waals surface area contributed by atoms with E-state index in [1.807, 2.05) is 0 Å². The molecule has 64 valence electrons. The molecule has 11 heavy (non-hydrogen) atoms. The van der Waals surface area contributed by atoms with Crippen molar-refractivity contribution in [1.82, 2.24) is 0 Å². The van der Waals surface area contributed by atoms with Crippen LogP contribution in [0.4, 0.5) is 0 Å². The smallest absolute Gasteiger partial charge is 0.170 e. The lowest BCUT2D eigenvalue weighted by Gasteiger charge is -2.04. The molecule has 0 radical (unpaired) electrons. The first kappa shape index (κ1) is 10.6. The summed E-state index contributed by atoms with van der Waals surface area (Å²) in [7, 11) is -0.880. The lowest BCUT2D eigenvalue weighted by molar-refractivity contribution is -0.114. The molecule has 0 atom stereocenters. The van der Waals surface area contributed by atoms with Gasteiger partial charge in [0.05, 0.1) is 0 Å². The molecule has 0 rings (SSSR count). The molecular formula is C8H16O2Si. The number of ketones is 1. The van der Waals surface area contributed by atoms with Crippen molar-refractivity contribution >= 4 is 14.8 Å².